The first-order valence-electron chi connectivity index (χ1n) is 4.73. The van der Waals surface area contributed by atoms with Crippen LogP contribution in [0.4, 0.5) is 5.95 Å². The van der Waals surface area contributed by atoms with E-state index in [1.165, 1.54) is 12.4 Å². The molecule has 1 N–H and O–H groups in total. The Kier molecular flexibility index (Phi) is 3.04. The van der Waals surface area contributed by atoms with Gasteiger partial charge in [-0.25, -0.2) is 9.97 Å². The molecule has 5 heteroatoms. The van der Waals surface area contributed by atoms with Gasteiger partial charge < -0.3 is 5.32 Å². The molecule has 0 saturated carbocycles. The van der Waals surface area contributed by atoms with Crippen molar-refractivity contribution in [2.75, 3.05) is 5.32 Å². The summed E-state index contributed by atoms with van der Waals surface area (Å²) in [6.07, 6.45) is 6.47. The van der Waals surface area contributed by atoms with Crippen molar-refractivity contribution in [3.63, 3.8) is 0 Å². The molecule has 2 aromatic rings. The fraction of sp³-hybridized carbons (Fsp3) is 0.0909. The third-order valence-corrected chi connectivity index (χ3v) is 1.95. The number of anilines is 1. The Morgan fingerprint density at radius 2 is 2.06 bits per heavy atom. The van der Waals surface area contributed by atoms with Crippen LogP contribution in [-0.2, 0) is 6.54 Å². The molecule has 0 aliphatic rings. The summed E-state index contributed by atoms with van der Waals surface area (Å²) >= 11 is 0. The maximum absolute atomic E-state index is 8.58. The predicted octanol–water partition coefficient (Wildman–Crippen LogP) is 1.36. The lowest BCUT2D eigenvalue weighted by Gasteiger charge is -2.03. The Hall–Kier alpha value is -2.48. The van der Waals surface area contributed by atoms with Crippen molar-refractivity contribution in [1.29, 1.82) is 5.26 Å². The van der Waals surface area contributed by atoms with Crippen molar-refractivity contribution in [1.82, 2.24) is 15.0 Å². The zero-order valence-corrected chi connectivity index (χ0v) is 8.46. The van der Waals surface area contributed by atoms with Crippen molar-refractivity contribution in [2.24, 2.45) is 0 Å². The summed E-state index contributed by atoms with van der Waals surface area (Å²) in [4.78, 5) is 12.0. The molecule has 0 saturated heterocycles. The Labute approximate surface area is 92.8 Å². The summed E-state index contributed by atoms with van der Waals surface area (Å²) in [7, 11) is 0. The SMILES string of the molecule is N#Cc1cnc(NCc2cccnc2)nc1. The summed E-state index contributed by atoms with van der Waals surface area (Å²) in [5.41, 5.74) is 1.50. The Balaban J connectivity index is 1.98. The molecule has 0 aliphatic heterocycles. The second-order valence-corrected chi connectivity index (χ2v) is 3.12. The first kappa shape index (κ1) is 10.1. The zero-order chi connectivity index (χ0) is 11.2. The molecule has 0 bridgehead atoms. The fourth-order valence-corrected chi connectivity index (χ4v) is 1.16. The van der Waals surface area contributed by atoms with Gasteiger partial charge in [0.2, 0.25) is 5.95 Å². The number of hydrogen-bond acceptors (Lipinski definition) is 5. The molecule has 0 unspecified atom stereocenters. The smallest absolute Gasteiger partial charge is 0.222 e. The Morgan fingerprint density at radius 1 is 1.25 bits per heavy atom. The van der Waals surface area contributed by atoms with E-state index in [4.69, 9.17) is 5.26 Å². The predicted molar refractivity (Wildman–Crippen MR) is 58.3 cm³/mol. The topological polar surface area (TPSA) is 74.5 Å². The summed E-state index contributed by atoms with van der Waals surface area (Å²) in [5, 5.41) is 11.6. The first-order chi connectivity index (χ1) is 7.88. The molecule has 0 atom stereocenters. The molecule has 0 radical (unpaired) electrons. The minimum atomic E-state index is 0.451. The van der Waals surface area contributed by atoms with Gasteiger partial charge in [-0.2, -0.15) is 5.26 Å². The van der Waals surface area contributed by atoms with Crippen LogP contribution in [-0.4, -0.2) is 15.0 Å². The second-order valence-electron chi connectivity index (χ2n) is 3.12. The van der Waals surface area contributed by atoms with Gasteiger partial charge in [0.1, 0.15) is 6.07 Å². The summed E-state index contributed by atoms with van der Waals surface area (Å²) in [5.74, 6) is 0.503. The molecule has 2 rings (SSSR count). The summed E-state index contributed by atoms with van der Waals surface area (Å²) in [6, 6.07) is 5.80. The lowest BCUT2D eigenvalue weighted by atomic mass is 10.3. The molecule has 0 aromatic carbocycles. The quantitative estimate of drug-likeness (QED) is 0.829. The van der Waals surface area contributed by atoms with Crippen LogP contribution in [0.2, 0.25) is 0 Å². The van der Waals surface area contributed by atoms with E-state index < -0.39 is 0 Å². The van der Waals surface area contributed by atoms with Crippen LogP contribution in [0.15, 0.2) is 36.9 Å². The number of nitrogens with zero attached hydrogens (tertiary/aromatic N) is 4. The lowest BCUT2D eigenvalue weighted by Crippen LogP contribution is -2.03. The van der Waals surface area contributed by atoms with Crippen LogP contribution in [0.3, 0.4) is 0 Å². The van der Waals surface area contributed by atoms with Crippen molar-refractivity contribution in [3.8, 4) is 6.07 Å². The van der Waals surface area contributed by atoms with E-state index in [1.54, 1.807) is 12.4 Å². The van der Waals surface area contributed by atoms with E-state index in [-0.39, 0.29) is 0 Å². The van der Waals surface area contributed by atoms with E-state index in [0.717, 1.165) is 5.56 Å². The van der Waals surface area contributed by atoms with Gasteiger partial charge in [-0.1, -0.05) is 6.07 Å². The Bertz CT molecular complexity index is 486. The zero-order valence-electron chi connectivity index (χ0n) is 8.46. The van der Waals surface area contributed by atoms with Crippen LogP contribution < -0.4 is 5.32 Å². The normalized spacial score (nSPS) is 9.44. The molecule has 78 valence electrons. The van der Waals surface area contributed by atoms with Gasteiger partial charge in [0.15, 0.2) is 0 Å². The van der Waals surface area contributed by atoms with Gasteiger partial charge >= 0.3 is 0 Å². The van der Waals surface area contributed by atoms with Crippen molar-refractivity contribution in [2.45, 2.75) is 6.54 Å². The molecule has 0 amide bonds. The standard InChI is InChI=1S/C11H9N5/c12-4-10-7-15-11(16-8-10)14-6-9-2-1-3-13-5-9/h1-3,5,7-8H,6H2,(H,14,15,16). The molecule has 0 fully saturated rings. The number of hydrogen-bond donors (Lipinski definition) is 1. The fourth-order valence-electron chi connectivity index (χ4n) is 1.16. The third kappa shape index (κ3) is 2.51. The van der Waals surface area contributed by atoms with Gasteiger partial charge in [0.05, 0.1) is 18.0 Å². The second kappa shape index (κ2) is 4.84. The van der Waals surface area contributed by atoms with Crippen molar-refractivity contribution in [3.05, 3.63) is 48.0 Å². The molecule has 16 heavy (non-hydrogen) atoms. The molecule has 2 heterocycles. The number of aromatic nitrogens is 3. The monoisotopic (exact) mass is 211 g/mol. The molecule has 0 aliphatic carbocycles. The first-order valence-corrected chi connectivity index (χ1v) is 4.73. The number of rotatable bonds is 3. The highest BCUT2D eigenvalue weighted by Crippen LogP contribution is 2.02. The van der Waals surface area contributed by atoms with Crippen molar-refractivity contribution < 1.29 is 0 Å². The van der Waals surface area contributed by atoms with Crippen LogP contribution in [0.5, 0.6) is 0 Å². The van der Waals surface area contributed by atoms with Gasteiger partial charge in [-0.05, 0) is 11.6 Å². The van der Waals surface area contributed by atoms with Crippen LogP contribution in [0.25, 0.3) is 0 Å². The van der Waals surface area contributed by atoms with Crippen LogP contribution in [0.1, 0.15) is 11.1 Å². The third-order valence-electron chi connectivity index (χ3n) is 1.95. The van der Waals surface area contributed by atoms with Crippen molar-refractivity contribution >= 4 is 5.95 Å². The maximum Gasteiger partial charge on any atom is 0.222 e. The molecule has 2 aromatic heterocycles. The summed E-state index contributed by atoms with van der Waals surface area (Å²) < 4.78 is 0. The number of nitriles is 1. The lowest BCUT2D eigenvalue weighted by molar-refractivity contribution is 1.04. The van der Waals surface area contributed by atoms with E-state index in [2.05, 4.69) is 20.3 Å². The van der Waals surface area contributed by atoms with Crippen LogP contribution >= 0.6 is 0 Å². The van der Waals surface area contributed by atoms with Gasteiger partial charge in [0.25, 0.3) is 0 Å². The van der Waals surface area contributed by atoms with E-state index >= 15 is 0 Å². The number of pyridine rings is 1. The highest BCUT2D eigenvalue weighted by molar-refractivity contribution is 5.30. The summed E-state index contributed by atoms with van der Waals surface area (Å²) in [6.45, 7) is 0.611. The average Bonchev–Trinajstić information content (AvgIpc) is 2.38. The molecule has 0 spiro atoms. The number of nitrogens with one attached hydrogen (secondary N) is 1. The minimum absolute atomic E-state index is 0.451. The molecule has 5 nitrogen and oxygen atoms in total. The average molecular weight is 211 g/mol. The Morgan fingerprint density at radius 3 is 2.69 bits per heavy atom. The minimum Gasteiger partial charge on any atom is -0.350 e. The maximum atomic E-state index is 8.58. The molecular weight excluding hydrogens is 202 g/mol. The molecular formula is C11H9N5. The van der Waals surface area contributed by atoms with Crippen LogP contribution in [0, 0.1) is 11.3 Å². The van der Waals surface area contributed by atoms with Gasteiger partial charge in [-0.3, -0.25) is 4.98 Å². The van der Waals surface area contributed by atoms with E-state index in [9.17, 15) is 0 Å². The van der Waals surface area contributed by atoms with Gasteiger partial charge in [0, 0.05) is 18.9 Å². The van der Waals surface area contributed by atoms with E-state index in [1.807, 2.05) is 18.2 Å². The van der Waals surface area contributed by atoms with Gasteiger partial charge in [-0.15, -0.1) is 0 Å². The van der Waals surface area contributed by atoms with E-state index in [0.29, 0.717) is 18.1 Å². The highest BCUT2D eigenvalue weighted by atomic mass is 15.1. The largest absolute Gasteiger partial charge is 0.350 e. The highest BCUT2D eigenvalue weighted by Gasteiger charge is 1.96.